The topological polar surface area (TPSA) is 98.2 Å². The predicted octanol–water partition coefficient (Wildman–Crippen LogP) is 6.22. The molecular weight excluding hydrogens is 484 g/mol. The van der Waals surface area contributed by atoms with E-state index in [4.69, 9.17) is 37.6 Å². The second kappa shape index (κ2) is 9.91. The van der Waals surface area contributed by atoms with E-state index in [9.17, 15) is 4.79 Å². The number of carbonyl (C=O) groups excluding carboxylic acids is 1. The number of hydrogen-bond acceptors (Lipinski definition) is 7. The first-order valence-corrected chi connectivity index (χ1v) is 10.5. The fraction of sp³-hybridized carbons (Fsp3) is 0.0833. The summed E-state index contributed by atoms with van der Waals surface area (Å²) in [6.45, 7) is 0. The van der Waals surface area contributed by atoms with Crippen molar-refractivity contribution in [2.45, 2.75) is 6.42 Å². The third kappa shape index (κ3) is 5.01. The summed E-state index contributed by atoms with van der Waals surface area (Å²) >= 11 is 12.1. The first-order valence-electron chi connectivity index (χ1n) is 9.74. The van der Waals surface area contributed by atoms with Crippen LogP contribution in [-0.4, -0.2) is 23.3 Å². The average Bonchev–Trinajstić information content (AvgIpc) is 3.31. The van der Waals surface area contributed by atoms with Crippen LogP contribution < -0.4 is 4.74 Å². The molecular formula is C24H14Cl2FN3O4. The number of halogens is 3. The van der Waals surface area contributed by atoms with Gasteiger partial charge in [-0.25, -0.2) is 9.18 Å². The van der Waals surface area contributed by atoms with E-state index in [2.05, 4.69) is 14.9 Å². The molecule has 0 unspecified atom stereocenters. The van der Waals surface area contributed by atoms with Gasteiger partial charge < -0.3 is 13.9 Å². The van der Waals surface area contributed by atoms with Crippen LogP contribution in [0.1, 0.15) is 27.4 Å². The van der Waals surface area contributed by atoms with Crippen LogP contribution >= 0.6 is 23.2 Å². The van der Waals surface area contributed by atoms with Crippen LogP contribution in [0.15, 0.2) is 59.0 Å². The molecule has 170 valence electrons. The van der Waals surface area contributed by atoms with E-state index in [0.717, 1.165) is 0 Å². The molecule has 1 heterocycles. The van der Waals surface area contributed by atoms with E-state index in [-0.39, 0.29) is 50.9 Å². The van der Waals surface area contributed by atoms with Crippen LogP contribution in [0.2, 0.25) is 10.0 Å². The Morgan fingerprint density at radius 1 is 1.12 bits per heavy atom. The van der Waals surface area contributed by atoms with Crippen LogP contribution in [0, 0.1) is 17.1 Å². The van der Waals surface area contributed by atoms with Crippen molar-refractivity contribution in [1.29, 1.82) is 5.26 Å². The van der Waals surface area contributed by atoms with E-state index in [1.54, 1.807) is 24.3 Å². The molecule has 0 amide bonds. The normalized spacial score (nSPS) is 10.6. The summed E-state index contributed by atoms with van der Waals surface area (Å²) in [5.41, 5.74) is 1.43. The van der Waals surface area contributed by atoms with Gasteiger partial charge in [0.25, 0.3) is 0 Å². The summed E-state index contributed by atoms with van der Waals surface area (Å²) in [6.07, 6.45) is -0.0222. The van der Waals surface area contributed by atoms with Crippen LogP contribution in [0.25, 0.3) is 11.5 Å². The number of methoxy groups -OCH3 is 1. The molecule has 0 fully saturated rings. The summed E-state index contributed by atoms with van der Waals surface area (Å²) in [7, 11) is 1.30. The van der Waals surface area contributed by atoms with Gasteiger partial charge in [0.1, 0.15) is 5.75 Å². The second-order valence-corrected chi connectivity index (χ2v) is 7.83. The molecule has 0 saturated heterocycles. The number of aromatic nitrogens is 2. The van der Waals surface area contributed by atoms with Gasteiger partial charge in [0.2, 0.25) is 11.8 Å². The molecule has 10 heteroatoms. The molecule has 34 heavy (non-hydrogen) atoms. The van der Waals surface area contributed by atoms with E-state index >= 15 is 4.39 Å². The molecule has 0 saturated carbocycles. The summed E-state index contributed by atoms with van der Waals surface area (Å²) < 4.78 is 31.2. The molecule has 1 aromatic heterocycles. The summed E-state index contributed by atoms with van der Waals surface area (Å²) in [5, 5.41) is 17.4. The lowest BCUT2D eigenvalue weighted by atomic mass is 10.1. The van der Waals surface area contributed by atoms with E-state index in [1.807, 2.05) is 6.07 Å². The molecule has 0 N–H and O–H groups in total. The highest BCUT2D eigenvalue weighted by Crippen LogP contribution is 2.36. The lowest BCUT2D eigenvalue weighted by molar-refractivity contribution is 0.0600. The van der Waals surface area contributed by atoms with Crippen molar-refractivity contribution in [3.05, 3.63) is 93.0 Å². The fourth-order valence-electron chi connectivity index (χ4n) is 3.08. The number of carbonyl (C=O) groups is 1. The van der Waals surface area contributed by atoms with Crippen molar-refractivity contribution < 1.29 is 23.1 Å². The lowest BCUT2D eigenvalue weighted by Gasteiger charge is -2.11. The number of hydrogen-bond donors (Lipinski definition) is 0. The van der Waals surface area contributed by atoms with Gasteiger partial charge in [-0.2, -0.15) is 5.26 Å². The van der Waals surface area contributed by atoms with Gasteiger partial charge in [0, 0.05) is 16.1 Å². The minimum Gasteiger partial charge on any atom is -0.465 e. The number of nitriles is 1. The number of benzene rings is 3. The monoisotopic (exact) mass is 497 g/mol. The van der Waals surface area contributed by atoms with Crippen LogP contribution in [0.5, 0.6) is 11.5 Å². The quantitative estimate of drug-likeness (QED) is 0.291. The molecule has 7 nitrogen and oxygen atoms in total. The van der Waals surface area contributed by atoms with Gasteiger partial charge >= 0.3 is 5.97 Å². The molecule has 0 aliphatic heterocycles. The van der Waals surface area contributed by atoms with E-state index in [1.165, 1.54) is 37.4 Å². The summed E-state index contributed by atoms with van der Waals surface area (Å²) in [4.78, 5) is 11.6. The summed E-state index contributed by atoms with van der Waals surface area (Å²) in [6, 6.07) is 15.7. The van der Waals surface area contributed by atoms with Gasteiger partial charge in [-0.15, -0.1) is 10.2 Å². The minimum absolute atomic E-state index is 0.0222. The third-order valence-corrected chi connectivity index (χ3v) is 5.23. The number of nitrogens with zero attached hydrogens (tertiary/aromatic N) is 3. The van der Waals surface area contributed by atoms with Gasteiger partial charge in [0.05, 0.1) is 35.7 Å². The Morgan fingerprint density at radius 2 is 1.88 bits per heavy atom. The molecule has 0 radical (unpaired) electrons. The number of ether oxygens (including phenoxy) is 2. The standard InChI is InChI=1S/C24H14Cl2FN3O4/c1-32-24(31)15-4-2-14(3-5-15)23-30-29-20(34-23)10-16-6-7-19(26)22(21(16)27)33-18-9-13(12-28)8-17(25)11-18/h2-9,11H,10H2,1H3. The molecule has 0 aliphatic carbocycles. The van der Waals surface area contributed by atoms with E-state index in [0.29, 0.717) is 11.1 Å². The average molecular weight is 498 g/mol. The third-order valence-electron chi connectivity index (χ3n) is 4.71. The molecule has 0 spiro atoms. The van der Waals surface area contributed by atoms with Gasteiger partial charge in [-0.1, -0.05) is 29.3 Å². The number of rotatable bonds is 6. The Hall–Kier alpha value is -3.93. The van der Waals surface area contributed by atoms with Crippen LogP contribution in [-0.2, 0) is 11.2 Å². The lowest BCUT2D eigenvalue weighted by Crippen LogP contribution is -2.00. The SMILES string of the molecule is COC(=O)c1ccc(-c2nnc(Cc3ccc(Cl)c(Oc4cc(Cl)cc(C#N)c4)c3F)o2)cc1. The Labute approximate surface area is 203 Å². The maximum atomic E-state index is 15.2. The Kier molecular flexibility index (Phi) is 6.77. The van der Waals surface area contributed by atoms with Gasteiger partial charge in [0.15, 0.2) is 11.6 Å². The van der Waals surface area contributed by atoms with Crippen molar-refractivity contribution >= 4 is 29.2 Å². The molecule has 4 rings (SSSR count). The van der Waals surface area contributed by atoms with Gasteiger partial charge in [-0.05, 0) is 48.5 Å². The molecule has 0 atom stereocenters. The largest absolute Gasteiger partial charge is 0.465 e. The number of esters is 1. The Morgan fingerprint density at radius 3 is 2.59 bits per heavy atom. The Balaban J connectivity index is 1.56. The predicted molar refractivity (Wildman–Crippen MR) is 122 cm³/mol. The molecule has 4 aromatic rings. The maximum Gasteiger partial charge on any atom is 0.337 e. The van der Waals surface area contributed by atoms with Crippen molar-refractivity contribution in [3.63, 3.8) is 0 Å². The minimum atomic E-state index is -0.715. The van der Waals surface area contributed by atoms with Crippen molar-refractivity contribution in [2.75, 3.05) is 7.11 Å². The highest BCUT2D eigenvalue weighted by molar-refractivity contribution is 6.32. The van der Waals surface area contributed by atoms with Gasteiger partial charge in [-0.3, -0.25) is 0 Å². The Bertz CT molecular complexity index is 1410. The molecule has 0 bridgehead atoms. The summed E-state index contributed by atoms with van der Waals surface area (Å²) in [5.74, 6) is -0.862. The molecule has 3 aromatic carbocycles. The van der Waals surface area contributed by atoms with Crippen LogP contribution in [0.3, 0.4) is 0 Å². The van der Waals surface area contributed by atoms with Crippen molar-refractivity contribution in [2.24, 2.45) is 0 Å². The van der Waals surface area contributed by atoms with E-state index < -0.39 is 11.8 Å². The highest BCUT2D eigenvalue weighted by atomic mass is 35.5. The fourth-order valence-corrected chi connectivity index (χ4v) is 3.49. The zero-order valence-electron chi connectivity index (χ0n) is 17.5. The first kappa shape index (κ1) is 23.2. The van der Waals surface area contributed by atoms with Crippen molar-refractivity contribution in [3.8, 4) is 29.0 Å². The highest BCUT2D eigenvalue weighted by Gasteiger charge is 2.18. The molecule has 0 aliphatic rings. The van der Waals surface area contributed by atoms with Crippen molar-refractivity contribution in [1.82, 2.24) is 10.2 Å². The zero-order valence-corrected chi connectivity index (χ0v) is 19.0. The van der Waals surface area contributed by atoms with Crippen LogP contribution in [0.4, 0.5) is 4.39 Å². The first-order chi connectivity index (χ1) is 16.4. The smallest absolute Gasteiger partial charge is 0.337 e. The zero-order chi connectivity index (χ0) is 24.2. The maximum absolute atomic E-state index is 15.2. The second-order valence-electron chi connectivity index (χ2n) is 6.99.